The second-order valence-corrected chi connectivity index (χ2v) is 7.71. The molecule has 8 nitrogen and oxygen atoms in total. The van der Waals surface area contributed by atoms with Crippen LogP contribution in [0.4, 0.5) is 8.78 Å². The summed E-state index contributed by atoms with van der Waals surface area (Å²) in [6.45, 7) is 4.93. The number of carbonyl (C=O) groups is 1. The van der Waals surface area contributed by atoms with Gasteiger partial charge in [-0.25, -0.2) is 8.78 Å². The lowest BCUT2D eigenvalue weighted by Crippen LogP contribution is -2.59. The van der Waals surface area contributed by atoms with Gasteiger partial charge in [-0.1, -0.05) is 6.92 Å². The van der Waals surface area contributed by atoms with Gasteiger partial charge in [-0.05, 0) is 38.0 Å². The van der Waals surface area contributed by atoms with Crippen LogP contribution in [0.2, 0.25) is 0 Å². The molecule has 3 N–H and O–H groups in total. The van der Waals surface area contributed by atoms with Crippen molar-refractivity contribution in [2.24, 2.45) is 5.92 Å². The SMILES string of the molecule is Cc1c(CC(=O)NC(C)C2C(C)CC(C#N)N[N+]2=O)c(=O)[nH]c2ccc(F)c(F)c12. The normalized spacial score (nSPS) is 22.3. The summed E-state index contributed by atoms with van der Waals surface area (Å²) >= 11 is 0. The number of nitriles is 1. The van der Waals surface area contributed by atoms with Crippen molar-refractivity contribution in [1.82, 2.24) is 15.7 Å². The van der Waals surface area contributed by atoms with Crippen molar-refractivity contribution >= 4 is 16.8 Å². The quantitative estimate of drug-likeness (QED) is 0.654. The Labute approximate surface area is 170 Å². The summed E-state index contributed by atoms with van der Waals surface area (Å²) in [5.74, 6) is -2.83. The van der Waals surface area contributed by atoms with E-state index in [1.165, 1.54) is 13.0 Å². The lowest BCUT2D eigenvalue weighted by atomic mass is 9.88. The number of nitrogens with one attached hydrogen (secondary N) is 3. The topological polar surface area (TPSA) is 118 Å². The lowest BCUT2D eigenvalue weighted by Gasteiger charge is -2.28. The highest BCUT2D eigenvalue weighted by Crippen LogP contribution is 2.24. The molecule has 0 aliphatic carbocycles. The predicted molar refractivity (Wildman–Crippen MR) is 104 cm³/mol. The van der Waals surface area contributed by atoms with Crippen LogP contribution in [-0.4, -0.2) is 33.9 Å². The second kappa shape index (κ2) is 8.18. The van der Waals surface area contributed by atoms with E-state index in [4.69, 9.17) is 5.26 Å². The van der Waals surface area contributed by atoms with Crippen LogP contribution >= 0.6 is 0 Å². The molecule has 1 saturated heterocycles. The average molecular weight is 418 g/mol. The van der Waals surface area contributed by atoms with Crippen LogP contribution in [0.1, 0.15) is 31.4 Å². The monoisotopic (exact) mass is 418 g/mol. The molecule has 1 aromatic carbocycles. The number of aromatic amines is 1. The number of hydrazine groups is 1. The average Bonchev–Trinajstić information content (AvgIpc) is 2.67. The first-order valence-corrected chi connectivity index (χ1v) is 9.55. The zero-order valence-electron chi connectivity index (χ0n) is 16.8. The van der Waals surface area contributed by atoms with Crippen molar-refractivity contribution in [3.05, 3.63) is 50.2 Å². The van der Waals surface area contributed by atoms with Crippen molar-refractivity contribution in [2.75, 3.05) is 0 Å². The summed E-state index contributed by atoms with van der Waals surface area (Å²) in [5, 5.41) is 11.6. The Hall–Kier alpha value is -3.35. The highest BCUT2D eigenvalue weighted by Gasteiger charge is 2.45. The van der Waals surface area contributed by atoms with Crippen LogP contribution in [0.3, 0.4) is 0 Å². The maximum absolute atomic E-state index is 14.2. The molecule has 1 aromatic heterocycles. The van der Waals surface area contributed by atoms with E-state index in [0.717, 1.165) is 6.07 Å². The van der Waals surface area contributed by atoms with Gasteiger partial charge in [0.25, 0.3) is 11.6 Å². The molecule has 10 heteroatoms. The standard InChI is InChI=1S/C20H21F2N5O3/c1-9-6-12(8-23)26-27(30)19(9)11(3)24-16(28)7-13-10(2)17-15(25-20(13)29)5-4-14(21)18(17)22/h4-5,9,11-12,19H,6-7H2,1-3H3,(H2-,24,25,26,28,29,30)/p+1. The molecule has 1 amide bonds. The Morgan fingerprint density at radius 3 is 2.77 bits per heavy atom. The van der Waals surface area contributed by atoms with Crippen LogP contribution in [0.25, 0.3) is 10.9 Å². The summed E-state index contributed by atoms with van der Waals surface area (Å²) in [7, 11) is 0. The number of pyridine rings is 1. The number of aromatic nitrogens is 1. The molecule has 158 valence electrons. The van der Waals surface area contributed by atoms with Crippen molar-refractivity contribution in [2.45, 2.75) is 51.7 Å². The summed E-state index contributed by atoms with van der Waals surface area (Å²) in [5.41, 5.74) is 2.32. The van der Waals surface area contributed by atoms with Crippen LogP contribution in [0.5, 0.6) is 0 Å². The molecule has 0 radical (unpaired) electrons. The Morgan fingerprint density at radius 2 is 2.13 bits per heavy atom. The molecule has 4 atom stereocenters. The predicted octanol–water partition coefficient (Wildman–Crippen LogP) is 1.75. The third kappa shape index (κ3) is 3.87. The van der Waals surface area contributed by atoms with E-state index in [-0.39, 0.29) is 34.4 Å². The summed E-state index contributed by atoms with van der Waals surface area (Å²) in [4.78, 5) is 40.3. The molecule has 1 aliphatic rings. The lowest BCUT2D eigenvalue weighted by molar-refractivity contribution is -0.663. The minimum absolute atomic E-state index is 0.0232. The van der Waals surface area contributed by atoms with E-state index in [1.807, 2.05) is 13.0 Å². The number of rotatable bonds is 4. The molecule has 1 aliphatic heterocycles. The van der Waals surface area contributed by atoms with Crippen molar-refractivity contribution < 1.29 is 18.4 Å². The Balaban J connectivity index is 1.81. The van der Waals surface area contributed by atoms with E-state index in [1.54, 1.807) is 6.92 Å². The number of H-pyrrole nitrogens is 1. The van der Waals surface area contributed by atoms with Gasteiger partial charge in [0, 0.05) is 16.9 Å². The number of hydrogen-bond donors (Lipinski definition) is 3. The van der Waals surface area contributed by atoms with Crippen LogP contribution in [0.15, 0.2) is 16.9 Å². The highest BCUT2D eigenvalue weighted by atomic mass is 19.2. The first-order chi connectivity index (χ1) is 14.1. The third-order valence-corrected chi connectivity index (χ3v) is 5.58. The Morgan fingerprint density at radius 1 is 1.43 bits per heavy atom. The molecule has 0 bridgehead atoms. The first kappa shape index (κ1) is 21.4. The minimum Gasteiger partial charge on any atom is -0.346 e. The minimum atomic E-state index is -1.09. The third-order valence-electron chi connectivity index (χ3n) is 5.58. The zero-order chi connectivity index (χ0) is 22.2. The Kier molecular flexibility index (Phi) is 5.82. The molecule has 3 rings (SSSR count). The van der Waals surface area contributed by atoms with Gasteiger partial charge < -0.3 is 10.3 Å². The van der Waals surface area contributed by atoms with E-state index in [2.05, 4.69) is 15.7 Å². The van der Waals surface area contributed by atoms with Crippen LogP contribution < -0.4 is 16.3 Å². The number of fused-ring (bicyclic) bond motifs is 1. The smallest absolute Gasteiger partial charge is 0.256 e. The van der Waals surface area contributed by atoms with Gasteiger partial charge in [-0.2, -0.15) is 5.26 Å². The molecule has 0 spiro atoms. The summed E-state index contributed by atoms with van der Waals surface area (Å²) in [6.07, 6.45) is 0.0972. The maximum atomic E-state index is 14.2. The van der Waals surface area contributed by atoms with Crippen LogP contribution in [0, 0.1) is 40.7 Å². The van der Waals surface area contributed by atoms with Gasteiger partial charge in [-0.3, -0.25) is 9.59 Å². The number of carbonyl (C=O) groups excluding carboxylic acids is 1. The van der Waals surface area contributed by atoms with Gasteiger partial charge in [0.05, 0.1) is 29.0 Å². The number of hydrogen-bond acceptors (Lipinski definition) is 4. The number of benzene rings is 1. The fourth-order valence-corrected chi connectivity index (χ4v) is 4.12. The maximum Gasteiger partial charge on any atom is 0.256 e. The number of aryl methyl sites for hydroxylation is 1. The molecular formula is C20H22F2N5O3+. The first-order valence-electron chi connectivity index (χ1n) is 9.55. The van der Waals surface area contributed by atoms with Gasteiger partial charge >= 0.3 is 0 Å². The highest BCUT2D eigenvalue weighted by molar-refractivity contribution is 5.86. The van der Waals surface area contributed by atoms with Gasteiger partial charge in [0.2, 0.25) is 5.91 Å². The summed E-state index contributed by atoms with van der Waals surface area (Å²) < 4.78 is 27.9. The van der Waals surface area contributed by atoms with Crippen molar-refractivity contribution in [3.63, 3.8) is 0 Å². The molecule has 2 aromatic rings. The van der Waals surface area contributed by atoms with Crippen molar-refractivity contribution in [1.29, 1.82) is 5.26 Å². The van der Waals surface area contributed by atoms with Gasteiger partial charge in [0.1, 0.15) is 4.87 Å². The molecule has 0 saturated carbocycles. The molecule has 1 fully saturated rings. The van der Waals surface area contributed by atoms with E-state index < -0.39 is 41.2 Å². The fraction of sp³-hybridized carbons (Fsp3) is 0.450. The van der Waals surface area contributed by atoms with Gasteiger partial charge in [-0.15, -0.1) is 5.43 Å². The molecular weight excluding hydrogens is 396 g/mol. The number of nitrogens with zero attached hydrogens (tertiary/aromatic N) is 2. The van der Waals surface area contributed by atoms with Crippen molar-refractivity contribution in [3.8, 4) is 6.07 Å². The van der Waals surface area contributed by atoms with Gasteiger partial charge in [0.15, 0.2) is 17.7 Å². The van der Waals surface area contributed by atoms with Crippen LogP contribution in [-0.2, 0) is 11.2 Å². The van der Waals surface area contributed by atoms with E-state index >= 15 is 0 Å². The zero-order valence-corrected chi connectivity index (χ0v) is 16.8. The Bertz CT molecular complexity index is 1120. The van der Waals surface area contributed by atoms with E-state index in [9.17, 15) is 23.3 Å². The molecule has 4 unspecified atom stereocenters. The fourth-order valence-electron chi connectivity index (χ4n) is 4.12. The molecule has 30 heavy (non-hydrogen) atoms. The summed E-state index contributed by atoms with van der Waals surface area (Å²) in [6, 6.07) is 2.41. The molecule has 2 heterocycles. The number of nitroso groups, excluding NO2 is 1. The number of amides is 1. The largest absolute Gasteiger partial charge is 0.346 e. The second-order valence-electron chi connectivity index (χ2n) is 7.71. The number of halogens is 2. The van der Waals surface area contributed by atoms with E-state index in [0.29, 0.717) is 11.3 Å².